The molecule has 0 aromatic heterocycles. The Morgan fingerprint density at radius 3 is 1.40 bits per heavy atom. The molecule has 1 N–H and O–H groups in total. The number of carbonyl (C=O) groups is 2. The van der Waals surface area contributed by atoms with Crippen molar-refractivity contribution in [1.82, 2.24) is 0 Å². The summed E-state index contributed by atoms with van der Waals surface area (Å²) in [6, 6.07) is 0. The fraction of sp³-hybridized carbons (Fsp3) is 0.808. The zero-order chi connectivity index (χ0) is 45.7. The molecular weight excluding hydrogens is 798 g/mol. The van der Waals surface area contributed by atoms with Crippen molar-refractivity contribution in [2.45, 2.75) is 225 Å². The van der Waals surface area contributed by atoms with Gasteiger partial charge in [0.25, 0.3) is 0 Å². The predicted molar refractivity (Wildman–Crippen MR) is 261 cm³/mol. The molecule has 10 heteroatoms. The van der Waals surface area contributed by atoms with E-state index in [4.69, 9.17) is 18.5 Å². The van der Waals surface area contributed by atoms with E-state index in [0.717, 1.165) is 64.2 Å². The lowest BCUT2D eigenvalue weighted by Gasteiger charge is -2.24. The summed E-state index contributed by atoms with van der Waals surface area (Å²) in [6.45, 7) is 4.36. The van der Waals surface area contributed by atoms with Crippen LogP contribution in [0.2, 0.25) is 0 Å². The van der Waals surface area contributed by atoms with E-state index in [1.54, 1.807) is 0 Å². The van der Waals surface area contributed by atoms with E-state index < -0.39 is 32.5 Å². The van der Waals surface area contributed by atoms with Crippen LogP contribution in [0, 0.1) is 0 Å². The van der Waals surface area contributed by atoms with Gasteiger partial charge in [-0.1, -0.05) is 184 Å². The quantitative estimate of drug-likeness (QED) is 0.0161. The smallest absolute Gasteiger partial charge is 0.462 e. The third kappa shape index (κ3) is 47.4. The number of allylic oxidation sites excluding steroid dienone is 8. The van der Waals surface area contributed by atoms with Gasteiger partial charge >= 0.3 is 19.8 Å². The molecule has 0 rings (SSSR count). The Morgan fingerprint density at radius 2 is 0.903 bits per heavy atom. The Balaban J connectivity index is 4.32. The monoisotopic (exact) mass is 895 g/mol. The third-order valence-corrected chi connectivity index (χ3v) is 11.8. The minimum atomic E-state index is -4.39. The van der Waals surface area contributed by atoms with Gasteiger partial charge in [0.15, 0.2) is 6.10 Å². The number of hydrogen-bond acceptors (Lipinski definition) is 7. The number of esters is 2. The van der Waals surface area contributed by atoms with Crippen molar-refractivity contribution in [3.8, 4) is 0 Å². The van der Waals surface area contributed by atoms with Gasteiger partial charge in [-0.25, -0.2) is 4.57 Å². The summed E-state index contributed by atoms with van der Waals surface area (Å²) in [5.74, 6) is -0.863. The zero-order valence-electron chi connectivity index (χ0n) is 40.9. The van der Waals surface area contributed by atoms with Gasteiger partial charge in [-0.05, 0) is 70.6 Å². The average Bonchev–Trinajstić information content (AvgIpc) is 3.23. The van der Waals surface area contributed by atoms with Gasteiger partial charge in [0.2, 0.25) is 0 Å². The molecule has 0 amide bonds. The van der Waals surface area contributed by atoms with Crippen molar-refractivity contribution < 1.29 is 42.1 Å². The summed E-state index contributed by atoms with van der Waals surface area (Å²) < 4.78 is 34.3. The van der Waals surface area contributed by atoms with Crippen LogP contribution in [0.3, 0.4) is 0 Å². The van der Waals surface area contributed by atoms with Crippen molar-refractivity contribution in [3.05, 3.63) is 48.6 Å². The fourth-order valence-corrected chi connectivity index (χ4v) is 7.59. The molecule has 362 valence electrons. The number of unbranched alkanes of at least 4 members (excludes halogenated alkanes) is 25. The molecule has 0 bridgehead atoms. The van der Waals surface area contributed by atoms with Crippen LogP contribution in [0.4, 0.5) is 0 Å². The number of quaternary nitrogens is 1. The van der Waals surface area contributed by atoms with E-state index in [2.05, 4.69) is 62.5 Å². The molecule has 1 unspecified atom stereocenters. The molecule has 0 heterocycles. The molecule has 0 saturated carbocycles. The molecule has 0 aliphatic heterocycles. The van der Waals surface area contributed by atoms with Crippen LogP contribution in [0.25, 0.3) is 0 Å². The number of likely N-dealkylation sites (N-methyl/N-ethyl adjacent to an activating group) is 1. The van der Waals surface area contributed by atoms with E-state index in [1.807, 2.05) is 21.1 Å². The van der Waals surface area contributed by atoms with Gasteiger partial charge in [0.05, 0.1) is 27.7 Å². The van der Waals surface area contributed by atoms with Crippen molar-refractivity contribution >= 4 is 19.8 Å². The van der Waals surface area contributed by atoms with Crippen molar-refractivity contribution in [3.63, 3.8) is 0 Å². The Hall–Kier alpha value is -2.03. The van der Waals surface area contributed by atoms with Gasteiger partial charge in [-0.3, -0.25) is 18.6 Å². The van der Waals surface area contributed by atoms with E-state index in [9.17, 15) is 19.0 Å². The maximum absolute atomic E-state index is 12.7. The minimum Gasteiger partial charge on any atom is -0.462 e. The maximum atomic E-state index is 12.7. The lowest BCUT2D eigenvalue weighted by atomic mass is 10.0. The topological polar surface area (TPSA) is 108 Å². The first-order chi connectivity index (χ1) is 30.0. The van der Waals surface area contributed by atoms with Gasteiger partial charge in [-0.2, -0.15) is 0 Å². The molecule has 0 aliphatic carbocycles. The summed E-state index contributed by atoms with van der Waals surface area (Å²) in [4.78, 5) is 35.5. The number of phosphoric acid groups is 1. The standard InChI is InChI=1S/C52H96NO8P/c1-6-8-10-12-14-16-18-20-22-23-24-25-26-27-28-29-31-33-35-37-39-41-43-45-52(55)61-50(49-60-62(56,57)59-47-46-53(3,4)5)48-58-51(54)44-42-40-38-36-34-32-30-21-19-17-15-13-11-9-7-2/h17,19,21,29-31,37,39,50H,6-16,18,20,22-28,32-36,38,40-49H2,1-5H3/p+1/b19-17+,30-21+,31-29+,39-37+/t50-/m1/s1. The number of phosphoric ester groups is 1. The normalized spacial score (nSPS) is 13.8. The molecule has 62 heavy (non-hydrogen) atoms. The molecule has 0 radical (unpaired) electrons. The summed E-state index contributed by atoms with van der Waals surface area (Å²) in [6.07, 6.45) is 53.2. The second-order valence-corrected chi connectivity index (χ2v) is 19.7. The van der Waals surface area contributed by atoms with E-state index in [0.29, 0.717) is 23.9 Å². The first-order valence-corrected chi connectivity index (χ1v) is 26.9. The number of nitrogens with zero attached hydrogens (tertiary/aromatic N) is 1. The molecule has 9 nitrogen and oxygen atoms in total. The molecular formula is C52H97NO8P+. The van der Waals surface area contributed by atoms with Gasteiger partial charge in [-0.15, -0.1) is 0 Å². The highest BCUT2D eigenvalue weighted by molar-refractivity contribution is 7.47. The Labute approximate surface area is 382 Å². The molecule has 0 aromatic rings. The van der Waals surface area contributed by atoms with Gasteiger partial charge in [0, 0.05) is 12.8 Å². The van der Waals surface area contributed by atoms with Gasteiger partial charge in [0.1, 0.15) is 19.8 Å². The lowest BCUT2D eigenvalue weighted by Crippen LogP contribution is -2.37. The average molecular weight is 895 g/mol. The summed E-state index contributed by atoms with van der Waals surface area (Å²) in [7, 11) is 1.44. The summed E-state index contributed by atoms with van der Waals surface area (Å²) >= 11 is 0. The number of hydrogen-bond donors (Lipinski definition) is 1. The highest BCUT2D eigenvalue weighted by atomic mass is 31.2. The molecule has 0 aliphatic rings. The molecule has 0 fully saturated rings. The number of carbonyl (C=O) groups excluding carboxylic acids is 2. The molecule has 0 saturated heterocycles. The van der Waals surface area contributed by atoms with Crippen LogP contribution < -0.4 is 0 Å². The van der Waals surface area contributed by atoms with Crippen LogP contribution in [0.1, 0.15) is 219 Å². The zero-order valence-corrected chi connectivity index (χ0v) is 41.7. The predicted octanol–water partition coefficient (Wildman–Crippen LogP) is 15.0. The largest absolute Gasteiger partial charge is 0.472 e. The fourth-order valence-electron chi connectivity index (χ4n) is 6.85. The van der Waals surface area contributed by atoms with Crippen LogP contribution >= 0.6 is 7.82 Å². The molecule has 0 spiro atoms. The summed E-state index contributed by atoms with van der Waals surface area (Å²) in [5, 5.41) is 0. The minimum absolute atomic E-state index is 0.0212. The second-order valence-electron chi connectivity index (χ2n) is 18.2. The molecule has 2 atom stereocenters. The highest BCUT2D eigenvalue weighted by Gasteiger charge is 2.27. The Kier molecular flexibility index (Phi) is 42.7. The first kappa shape index (κ1) is 60.0. The van der Waals surface area contributed by atoms with E-state index in [-0.39, 0.29) is 26.1 Å². The maximum Gasteiger partial charge on any atom is 0.472 e. The van der Waals surface area contributed by atoms with Crippen LogP contribution in [0.5, 0.6) is 0 Å². The Bertz CT molecular complexity index is 1190. The second kappa shape index (κ2) is 44.2. The van der Waals surface area contributed by atoms with Gasteiger partial charge < -0.3 is 18.9 Å². The van der Waals surface area contributed by atoms with Crippen molar-refractivity contribution in [1.29, 1.82) is 0 Å². The lowest BCUT2D eigenvalue weighted by molar-refractivity contribution is -0.870. The van der Waals surface area contributed by atoms with Crippen molar-refractivity contribution in [2.75, 3.05) is 47.5 Å². The number of ether oxygens (including phenoxy) is 2. The van der Waals surface area contributed by atoms with Crippen LogP contribution in [0.15, 0.2) is 48.6 Å². The summed E-state index contributed by atoms with van der Waals surface area (Å²) in [5.41, 5.74) is 0. The van der Waals surface area contributed by atoms with Crippen molar-refractivity contribution in [2.24, 2.45) is 0 Å². The van der Waals surface area contributed by atoms with E-state index in [1.165, 1.54) is 116 Å². The van der Waals surface area contributed by atoms with E-state index >= 15 is 0 Å². The third-order valence-electron chi connectivity index (χ3n) is 10.8. The number of rotatable bonds is 46. The molecule has 0 aromatic carbocycles. The van der Waals surface area contributed by atoms with Crippen LogP contribution in [-0.2, 0) is 32.7 Å². The SMILES string of the molecule is CCCCCC/C=C/C=C/CCCCCCCC(=O)OC[C@H](COP(=O)(O)OCC[N+](C)(C)C)OC(=O)CCC/C=C/CC/C=C/CCCCCCCCCCCCCCCC. The first-order valence-electron chi connectivity index (χ1n) is 25.4. The highest BCUT2D eigenvalue weighted by Crippen LogP contribution is 2.43. The Morgan fingerprint density at radius 1 is 0.500 bits per heavy atom. The van der Waals surface area contributed by atoms with Crippen LogP contribution in [-0.4, -0.2) is 74.9 Å².